The van der Waals surface area contributed by atoms with Crippen LogP contribution in [0.2, 0.25) is 5.02 Å². The normalized spacial score (nSPS) is 12.5. The van der Waals surface area contributed by atoms with Crippen molar-refractivity contribution >= 4 is 27.5 Å². The predicted molar refractivity (Wildman–Crippen MR) is 65.1 cm³/mol. The van der Waals surface area contributed by atoms with Crippen molar-refractivity contribution in [2.24, 2.45) is 5.41 Å². The van der Waals surface area contributed by atoms with Crippen LogP contribution in [-0.4, -0.2) is 18.8 Å². The highest BCUT2D eigenvalue weighted by atomic mass is 35.5. The molecule has 1 aromatic carbocycles. The van der Waals surface area contributed by atoms with E-state index in [0.717, 1.165) is 12.1 Å². The number of carbonyl (C=O) groups is 1. The first-order valence-electron chi connectivity index (χ1n) is 4.85. The maximum atomic E-state index is 12.0. The first-order chi connectivity index (χ1) is 7.53. The van der Waals surface area contributed by atoms with Crippen molar-refractivity contribution in [2.75, 3.05) is 0 Å². The standard InChI is InChI=1S/C11H13ClO4S/c1-11(2,3)10(13)8-6-7(17(14,15)16)4-5-9(8)12/h4-6H,1-3H3,(H,14,15,16). The maximum absolute atomic E-state index is 12.0. The fourth-order valence-corrected chi connectivity index (χ4v) is 1.95. The molecule has 1 rings (SSSR count). The third-order valence-electron chi connectivity index (χ3n) is 2.16. The van der Waals surface area contributed by atoms with Gasteiger partial charge in [-0.3, -0.25) is 9.35 Å². The Morgan fingerprint density at radius 3 is 2.24 bits per heavy atom. The molecule has 0 saturated heterocycles. The predicted octanol–water partition coefficient (Wildman–Crippen LogP) is 2.82. The van der Waals surface area contributed by atoms with E-state index in [1.807, 2.05) is 0 Å². The summed E-state index contributed by atoms with van der Waals surface area (Å²) in [6, 6.07) is 3.52. The first kappa shape index (κ1) is 14.2. The largest absolute Gasteiger partial charge is 0.294 e. The molecular formula is C11H13ClO4S. The molecule has 0 heterocycles. The molecular weight excluding hydrogens is 264 g/mol. The second kappa shape index (κ2) is 4.40. The molecule has 17 heavy (non-hydrogen) atoms. The summed E-state index contributed by atoms with van der Waals surface area (Å²) < 4.78 is 30.8. The molecule has 0 atom stereocenters. The lowest BCUT2D eigenvalue weighted by Gasteiger charge is -2.17. The van der Waals surface area contributed by atoms with Gasteiger partial charge in [-0.05, 0) is 18.2 Å². The van der Waals surface area contributed by atoms with Gasteiger partial charge in [-0.2, -0.15) is 8.42 Å². The topological polar surface area (TPSA) is 71.4 Å². The van der Waals surface area contributed by atoms with E-state index in [0.29, 0.717) is 0 Å². The van der Waals surface area contributed by atoms with Crippen LogP contribution in [-0.2, 0) is 10.1 Å². The lowest BCUT2D eigenvalue weighted by molar-refractivity contribution is 0.0858. The summed E-state index contributed by atoms with van der Waals surface area (Å²) in [5.41, 5.74) is -0.587. The molecule has 1 aromatic rings. The number of benzene rings is 1. The molecule has 0 fully saturated rings. The highest BCUT2D eigenvalue weighted by Gasteiger charge is 2.26. The van der Waals surface area contributed by atoms with Crippen LogP contribution in [0.1, 0.15) is 31.1 Å². The lowest BCUT2D eigenvalue weighted by Crippen LogP contribution is -2.21. The van der Waals surface area contributed by atoms with Crippen molar-refractivity contribution in [3.8, 4) is 0 Å². The summed E-state index contributed by atoms with van der Waals surface area (Å²) in [7, 11) is -4.33. The van der Waals surface area contributed by atoms with E-state index in [1.54, 1.807) is 20.8 Å². The van der Waals surface area contributed by atoms with E-state index in [-0.39, 0.29) is 21.3 Å². The van der Waals surface area contributed by atoms with Gasteiger partial charge in [0.25, 0.3) is 10.1 Å². The summed E-state index contributed by atoms with van der Waals surface area (Å²) >= 11 is 5.85. The molecule has 0 saturated carbocycles. The molecule has 0 amide bonds. The van der Waals surface area contributed by atoms with Crippen LogP contribution in [0.4, 0.5) is 0 Å². The quantitative estimate of drug-likeness (QED) is 0.666. The van der Waals surface area contributed by atoms with Crippen LogP contribution in [0.15, 0.2) is 23.1 Å². The second-order valence-corrected chi connectivity index (χ2v) is 6.52. The van der Waals surface area contributed by atoms with E-state index in [9.17, 15) is 13.2 Å². The summed E-state index contributed by atoms with van der Waals surface area (Å²) in [4.78, 5) is 11.7. The Bertz CT molecular complexity index is 555. The summed E-state index contributed by atoms with van der Waals surface area (Å²) in [5.74, 6) is -0.284. The number of Topliss-reactive ketones (excluding diaryl/α,β-unsaturated/α-hetero) is 1. The van der Waals surface area contributed by atoms with E-state index in [1.165, 1.54) is 6.07 Å². The minimum absolute atomic E-state index is 0.0919. The van der Waals surface area contributed by atoms with Crippen LogP contribution < -0.4 is 0 Å². The zero-order chi connectivity index (χ0) is 13.4. The average Bonchev–Trinajstić information content (AvgIpc) is 2.14. The number of hydrogen-bond donors (Lipinski definition) is 1. The number of halogens is 1. The summed E-state index contributed by atoms with van der Waals surface area (Å²) in [5, 5.41) is 0.164. The number of ketones is 1. The van der Waals surface area contributed by atoms with Gasteiger partial charge >= 0.3 is 0 Å². The van der Waals surface area contributed by atoms with Crippen LogP contribution in [0, 0.1) is 5.41 Å². The van der Waals surface area contributed by atoms with Crippen molar-refractivity contribution in [1.29, 1.82) is 0 Å². The van der Waals surface area contributed by atoms with Gasteiger partial charge in [0.15, 0.2) is 5.78 Å². The Morgan fingerprint density at radius 1 is 1.29 bits per heavy atom. The summed E-state index contributed by atoms with van der Waals surface area (Å²) in [6.07, 6.45) is 0. The van der Waals surface area contributed by atoms with Gasteiger partial charge in [-0.1, -0.05) is 32.4 Å². The lowest BCUT2D eigenvalue weighted by atomic mass is 9.86. The highest BCUT2D eigenvalue weighted by molar-refractivity contribution is 7.85. The Balaban J connectivity index is 3.40. The molecule has 0 aromatic heterocycles. The second-order valence-electron chi connectivity index (χ2n) is 4.70. The molecule has 0 unspecified atom stereocenters. The van der Waals surface area contributed by atoms with Crippen LogP contribution in [0.5, 0.6) is 0 Å². The van der Waals surface area contributed by atoms with E-state index < -0.39 is 15.5 Å². The Kier molecular flexibility index (Phi) is 3.66. The van der Waals surface area contributed by atoms with Crippen molar-refractivity contribution in [3.05, 3.63) is 28.8 Å². The Hall–Kier alpha value is -0.910. The Morgan fingerprint density at radius 2 is 1.82 bits per heavy atom. The number of carbonyl (C=O) groups excluding carboxylic acids is 1. The van der Waals surface area contributed by atoms with Crippen molar-refractivity contribution in [2.45, 2.75) is 25.7 Å². The fourth-order valence-electron chi connectivity index (χ4n) is 1.24. The molecule has 0 radical (unpaired) electrons. The molecule has 1 N–H and O–H groups in total. The first-order valence-corrected chi connectivity index (χ1v) is 6.67. The zero-order valence-corrected chi connectivity index (χ0v) is 11.3. The molecule has 0 bridgehead atoms. The van der Waals surface area contributed by atoms with Gasteiger partial charge in [0.1, 0.15) is 0 Å². The van der Waals surface area contributed by atoms with E-state index >= 15 is 0 Å². The third-order valence-corrected chi connectivity index (χ3v) is 3.34. The van der Waals surface area contributed by atoms with Crippen molar-refractivity contribution in [3.63, 3.8) is 0 Å². The average molecular weight is 277 g/mol. The van der Waals surface area contributed by atoms with Crippen LogP contribution in [0.3, 0.4) is 0 Å². The van der Waals surface area contributed by atoms with Gasteiger partial charge in [-0.15, -0.1) is 0 Å². The molecule has 0 spiro atoms. The van der Waals surface area contributed by atoms with Gasteiger partial charge in [0, 0.05) is 11.0 Å². The van der Waals surface area contributed by atoms with Crippen molar-refractivity contribution in [1.82, 2.24) is 0 Å². The summed E-state index contributed by atoms with van der Waals surface area (Å²) in [6.45, 7) is 5.10. The fraction of sp³-hybridized carbons (Fsp3) is 0.364. The Labute approximate surface area is 105 Å². The van der Waals surface area contributed by atoms with Gasteiger partial charge in [0.2, 0.25) is 0 Å². The monoisotopic (exact) mass is 276 g/mol. The SMILES string of the molecule is CC(C)(C)C(=O)c1cc(S(=O)(=O)O)ccc1Cl. The molecule has 94 valence electrons. The molecule has 4 nitrogen and oxygen atoms in total. The third kappa shape index (κ3) is 3.28. The maximum Gasteiger partial charge on any atom is 0.294 e. The zero-order valence-electron chi connectivity index (χ0n) is 9.69. The molecule has 0 aliphatic rings. The van der Waals surface area contributed by atoms with E-state index in [2.05, 4.69) is 0 Å². The number of hydrogen-bond acceptors (Lipinski definition) is 3. The van der Waals surface area contributed by atoms with Gasteiger partial charge in [0.05, 0.1) is 9.92 Å². The van der Waals surface area contributed by atoms with Gasteiger partial charge in [-0.25, -0.2) is 0 Å². The van der Waals surface area contributed by atoms with E-state index in [4.69, 9.17) is 16.2 Å². The minimum atomic E-state index is -4.33. The molecule has 0 aliphatic carbocycles. The highest BCUT2D eigenvalue weighted by Crippen LogP contribution is 2.27. The van der Waals surface area contributed by atoms with Gasteiger partial charge < -0.3 is 0 Å². The van der Waals surface area contributed by atoms with Crippen LogP contribution in [0.25, 0.3) is 0 Å². The van der Waals surface area contributed by atoms with Crippen LogP contribution >= 0.6 is 11.6 Å². The molecule has 0 aliphatic heterocycles. The molecule has 6 heteroatoms. The van der Waals surface area contributed by atoms with Crippen molar-refractivity contribution < 1.29 is 17.8 Å². The smallest absolute Gasteiger partial charge is 0.294 e. The number of rotatable bonds is 2. The minimum Gasteiger partial charge on any atom is -0.294 e.